The molecule has 0 saturated carbocycles. The zero-order valence-electron chi connectivity index (χ0n) is 10.3. The van der Waals surface area contributed by atoms with Crippen LogP contribution in [0, 0.1) is 0 Å². The van der Waals surface area contributed by atoms with Crippen molar-refractivity contribution in [3.63, 3.8) is 0 Å². The molecule has 0 aromatic heterocycles. The summed E-state index contributed by atoms with van der Waals surface area (Å²) < 4.78 is 26.3. The average molecular weight is 320 g/mol. The van der Waals surface area contributed by atoms with Crippen molar-refractivity contribution in [1.82, 2.24) is 4.72 Å². The topological polar surface area (TPSA) is 46.2 Å². The number of benzene rings is 1. The summed E-state index contributed by atoms with van der Waals surface area (Å²) in [7, 11) is -3.37. The van der Waals surface area contributed by atoms with Crippen molar-refractivity contribution in [3.05, 3.63) is 29.8 Å². The fourth-order valence-electron chi connectivity index (χ4n) is 1.51. The second-order valence-electron chi connectivity index (χ2n) is 4.40. The Kier molecular flexibility index (Phi) is 5.16. The lowest BCUT2D eigenvalue weighted by atomic mass is 10.1. The SMILES string of the molecule is CC(Br)Cc1ccc(S(=O)(=O)NC(C)C)cc1. The summed E-state index contributed by atoms with van der Waals surface area (Å²) >= 11 is 3.47. The Hall–Kier alpha value is -0.390. The molecule has 1 aromatic rings. The Bertz CT molecular complexity index is 452. The van der Waals surface area contributed by atoms with Gasteiger partial charge in [-0.1, -0.05) is 35.0 Å². The van der Waals surface area contributed by atoms with Crippen LogP contribution in [0.5, 0.6) is 0 Å². The van der Waals surface area contributed by atoms with Crippen LogP contribution in [0.2, 0.25) is 0 Å². The van der Waals surface area contributed by atoms with Crippen LogP contribution >= 0.6 is 15.9 Å². The molecule has 0 fully saturated rings. The standard InChI is InChI=1S/C12H18BrNO2S/c1-9(2)14-17(15,16)12-6-4-11(5-7-12)8-10(3)13/h4-7,9-10,14H,8H2,1-3H3. The van der Waals surface area contributed by atoms with E-state index in [2.05, 4.69) is 27.6 Å². The van der Waals surface area contributed by atoms with Gasteiger partial charge in [-0.2, -0.15) is 0 Å². The van der Waals surface area contributed by atoms with Gasteiger partial charge in [0.2, 0.25) is 10.0 Å². The molecule has 3 nitrogen and oxygen atoms in total. The van der Waals surface area contributed by atoms with E-state index in [1.807, 2.05) is 12.1 Å². The molecule has 0 saturated heterocycles. The summed E-state index contributed by atoms with van der Waals surface area (Å²) in [6, 6.07) is 6.91. The van der Waals surface area contributed by atoms with E-state index in [1.54, 1.807) is 26.0 Å². The highest BCUT2D eigenvalue weighted by molar-refractivity contribution is 9.09. The zero-order valence-corrected chi connectivity index (χ0v) is 12.7. The molecule has 0 bridgehead atoms. The van der Waals surface area contributed by atoms with Crippen molar-refractivity contribution in [2.24, 2.45) is 0 Å². The maximum Gasteiger partial charge on any atom is 0.240 e. The Morgan fingerprint density at radius 1 is 1.18 bits per heavy atom. The number of sulfonamides is 1. The van der Waals surface area contributed by atoms with Gasteiger partial charge in [-0.05, 0) is 38.0 Å². The molecule has 17 heavy (non-hydrogen) atoms. The third-order valence-electron chi connectivity index (χ3n) is 2.14. The van der Waals surface area contributed by atoms with Crippen molar-refractivity contribution in [1.29, 1.82) is 0 Å². The summed E-state index contributed by atoms with van der Waals surface area (Å²) in [6.45, 7) is 5.67. The fraction of sp³-hybridized carbons (Fsp3) is 0.500. The van der Waals surface area contributed by atoms with Gasteiger partial charge in [0, 0.05) is 10.9 Å². The third kappa shape index (κ3) is 4.77. The quantitative estimate of drug-likeness (QED) is 0.848. The first-order valence-corrected chi connectivity index (χ1v) is 7.96. The highest BCUT2D eigenvalue weighted by atomic mass is 79.9. The van der Waals surface area contributed by atoms with Gasteiger partial charge in [-0.3, -0.25) is 0 Å². The predicted octanol–water partition coefficient (Wildman–Crippen LogP) is 2.70. The number of hydrogen-bond acceptors (Lipinski definition) is 2. The molecule has 0 radical (unpaired) electrons. The number of rotatable bonds is 5. The molecule has 0 aliphatic carbocycles. The van der Waals surface area contributed by atoms with Crippen LogP contribution in [-0.2, 0) is 16.4 Å². The van der Waals surface area contributed by atoms with Crippen molar-refractivity contribution in [2.75, 3.05) is 0 Å². The van der Waals surface area contributed by atoms with Crippen LogP contribution in [0.1, 0.15) is 26.3 Å². The highest BCUT2D eigenvalue weighted by Gasteiger charge is 2.14. The lowest BCUT2D eigenvalue weighted by Crippen LogP contribution is -2.30. The molecule has 96 valence electrons. The van der Waals surface area contributed by atoms with Gasteiger partial charge in [-0.15, -0.1) is 0 Å². The monoisotopic (exact) mass is 319 g/mol. The smallest absolute Gasteiger partial charge is 0.209 e. The number of alkyl halides is 1. The van der Waals surface area contributed by atoms with Crippen LogP contribution in [0.3, 0.4) is 0 Å². The van der Waals surface area contributed by atoms with Gasteiger partial charge in [0.15, 0.2) is 0 Å². The van der Waals surface area contributed by atoms with Crippen LogP contribution in [0.25, 0.3) is 0 Å². The molecule has 0 aliphatic heterocycles. The van der Waals surface area contributed by atoms with E-state index >= 15 is 0 Å². The first-order valence-electron chi connectivity index (χ1n) is 5.56. The van der Waals surface area contributed by atoms with Crippen molar-refractivity contribution < 1.29 is 8.42 Å². The Balaban J connectivity index is 2.87. The van der Waals surface area contributed by atoms with Crippen LogP contribution in [0.15, 0.2) is 29.2 Å². The van der Waals surface area contributed by atoms with Gasteiger partial charge in [-0.25, -0.2) is 13.1 Å². The summed E-state index contributed by atoms with van der Waals surface area (Å²) in [5, 5.41) is 0. The Labute approximate surface area is 112 Å². The molecule has 0 spiro atoms. The first-order chi connectivity index (χ1) is 7.81. The lowest BCUT2D eigenvalue weighted by molar-refractivity contribution is 0.570. The van der Waals surface area contributed by atoms with E-state index in [4.69, 9.17) is 0 Å². The van der Waals surface area contributed by atoms with Gasteiger partial charge in [0.25, 0.3) is 0 Å². The summed E-state index contributed by atoms with van der Waals surface area (Å²) in [4.78, 5) is 0.705. The van der Waals surface area contributed by atoms with Crippen LogP contribution in [0.4, 0.5) is 0 Å². The molecule has 1 unspecified atom stereocenters. The number of hydrogen-bond donors (Lipinski definition) is 1. The molecule has 0 heterocycles. The van der Waals surface area contributed by atoms with Crippen molar-refractivity contribution >= 4 is 26.0 Å². The van der Waals surface area contributed by atoms with Crippen LogP contribution in [-0.4, -0.2) is 19.3 Å². The summed E-state index contributed by atoms with van der Waals surface area (Å²) in [5.41, 5.74) is 1.12. The molecule has 5 heteroatoms. The van der Waals surface area contributed by atoms with Gasteiger partial charge >= 0.3 is 0 Å². The van der Waals surface area contributed by atoms with Gasteiger partial charge in [0.05, 0.1) is 4.90 Å². The van der Waals surface area contributed by atoms with Crippen LogP contribution < -0.4 is 4.72 Å². The third-order valence-corrected chi connectivity index (χ3v) is 4.14. The van der Waals surface area contributed by atoms with E-state index in [-0.39, 0.29) is 6.04 Å². The molecule has 1 rings (SSSR count). The Morgan fingerprint density at radius 3 is 2.12 bits per heavy atom. The highest BCUT2D eigenvalue weighted by Crippen LogP contribution is 2.14. The maximum absolute atomic E-state index is 11.9. The molecular formula is C12H18BrNO2S. The minimum Gasteiger partial charge on any atom is -0.209 e. The minimum atomic E-state index is -3.37. The summed E-state index contributed by atoms with van der Waals surface area (Å²) in [6.07, 6.45) is 0.887. The zero-order chi connectivity index (χ0) is 13.1. The van der Waals surface area contributed by atoms with E-state index in [9.17, 15) is 8.42 Å². The van der Waals surface area contributed by atoms with Crippen molar-refractivity contribution in [2.45, 2.75) is 43.0 Å². The first kappa shape index (κ1) is 14.7. The molecule has 1 atom stereocenters. The fourth-order valence-corrected chi connectivity index (χ4v) is 3.13. The normalized spacial score (nSPS) is 13.9. The number of halogens is 1. The van der Waals surface area contributed by atoms with E-state index in [0.717, 1.165) is 12.0 Å². The molecule has 1 N–H and O–H groups in total. The second-order valence-corrected chi connectivity index (χ2v) is 7.68. The molecular weight excluding hydrogens is 302 g/mol. The molecule has 0 aliphatic rings. The largest absolute Gasteiger partial charge is 0.240 e. The summed E-state index contributed by atoms with van der Waals surface area (Å²) in [5.74, 6) is 0. The van der Waals surface area contributed by atoms with E-state index < -0.39 is 10.0 Å². The molecule has 0 amide bonds. The maximum atomic E-state index is 11.9. The minimum absolute atomic E-state index is 0.0951. The average Bonchev–Trinajstić information content (AvgIpc) is 2.15. The lowest BCUT2D eigenvalue weighted by Gasteiger charge is -2.10. The second kappa shape index (κ2) is 5.98. The van der Waals surface area contributed by atoms with Gasteiger partial charge < -0.3 is 0 Å². The van der Waals surface area contributed by atoms with E-state index in [1.165, 1.54) is 0 Å². The Morgan fingerprint density at radius 2 is 1.71 bits per heavy atom. The van der Waals surface area contributed by atoms with Gasteiger partial charge in [0.1, 0.15) is 0 Å². The predicted molar refractivity (Wildman–Crippen MR) is 74.0 cm³/mol. The number of nitrogens with one attached hydrogen (secondary N) is 1. The molecule has 1 aromatic carbocycles. The van der Waals surface area contributed by atoms with E-state index in [0.29, 0.717) is 9.72 Å². The van der Waals surface area contributed by atoms with Crippen molar-refractivity contribution in [3.8, 4) is 0 Å².